The first-order chi connectivity index (χ1) is 36.6. The minimum Gasteiger partial charge on any atom is -0.456 e. The van der Waals surface area contributed by atoms with Gasteiger partial charge in [0.15, 0.2) is 0 Å². The van der Waals surface area contributed by atoms with Gasteiger partial charge in [-0.2, -0.15) is 0 Å². The van der Waals surface area contributed by atoms with Crippen molar-refractivity contribution in [2.45, 2.75) is 49.9 Å². The molecule has 0 fully saturated rings. The zero-order valence-electron chi connectivity index (χ0n) is 41.6. The maximum atomic E-state index is 6.40. The lowest BCUT2D eigenvalue weighted by Crippen LogP contribution is -2.06. The van der Waals surface area contributed by atoms with Crippen LogP contribution in [-0.2, 0) is 12.8 Å². The Hall–Kier alpha value is -8.72. The second kappa shape index (κ2) is 21.6. The van der Waals surface area contributed by atoms with E-state index in [1.54, 1.807) is 0 Å². The second-order valence-electron chi connectivity index (χ2n) is 19.8. The number of allylic oxidation sites excluding steroid dienone is 8. The van der Waals surface area contributed by atoms with Crippen molar-refractivity contribution in [3.8, 4) is 56.2 Å². The van der Waals surface area contributed by atoms with Crippen molar-refractivity contribution in [3.05, 3.63) is 318 Å². The van der Waals surface area contributed by atoms with E-state index in [9.17, 15) is 0 Å². The summed E-state index contributed by atoms with van der Waals surface area (Å²) < 4.78 is 12.7. The van der Waals surface area contributed by atoms with Gasteiger partial charge < -0.3 is 8.83 Å². The molecular weight excluding hydrogens is 897 g/mol. The third kappa shape index (κ3) is 10.4. The van der Waals surface area contributed by atoms with Crippen LogP contribution in [0.2, 0.25) is 0 Å². The Morgan fingerprint density at radius 3 is 1.22 bits per heavy atom. The molecule has 2 aromatic heterocycles. The van der Waals surface area contributed by atoms with Gasteiger partial charge in [-0.1, -0.05) is 249 Å². The van der Waals surface area contributed by atoms with E-state index in [4.69, 9.17) is 8.83 Å². The molecule has 0 N–H and O–H groups in total. The molecule has 0 radical (unpaired) electrons. The summed E-state index contributed by atoms with van der Waals surface area (Å²) in [4.78, 5) is 0. The molecule has 10 aromatic rings. The highest BCUT2D eigenvalue weighted by Gasteiger charge is 2.20. The summed E-state index contributed by atoms with van der Waals surface area (Å²) in [5, 5.41) is 0. The van der Waals surface area contributed by atoms with E-state index in [1.165, 1.54) is 66.8 Å². The molecule has 0 bridgehead atoms. The van der Waals surface area contributed by atoms with E-state index in [1.807, 2.05) is 18.2 Å². The average Bonchev–Trinajstić information content (AvgIpc) is 4.20. The Balaban J connectivity index is 0.778. The van der Waals surface area contributed by atoms with Crippen molar-refractivity contribution >= 4 is 5.57 Å². The van der Waals surface area contributed by atoms with E-state index >= 15 is 0 Å². The largest absolute Gasteiger partial charge is 0.456 e. The SMILES string of the molecule is C1=CCCC(c2ccc(-c3ccc(C(Cc4ccc(-c5ccc(C[C@H](c6ccc(-c7ccccc7)cc6)c6ccc(-c7ccc(-c8ccccc8)o7)cc6)cc5)cc4)c4ccc(C5C=CC=CC5)cc4)cc3)o2)=C1. The van der Waals surface area contributed by atoms with Crippen LogP contribution in [0.4, 0.5) is 0 Å². The van der Waals surface area contributed by atoms with Crippen molar-refractivity contribution in [3.63, 3.8) is 0 Å². The van der Waals surface area contributed by atoms with E-state index in [2.05, 4.69) is 255 Å². The van der Waals surface area contributed by atoms with Crippen molar-refractivity contribution in [1.82, 2.24) is 0 Å². The van der Waals surface area contributed by atoms with Crippen molar-refractivity contribution < 1.29 is 8.83 Å². The Kier molecular flexibility index (Phi) is 13.5. The summed E-state index contributed by atoms with van der Waals surface area (Å²) in [6.07, 6.45) is 20.3. The maximum absolute atomic E-state index is 6.40. The number of benzene rings is 8. The van der Waals surface area contributed by atoms with Gasteiger partial charge in [0.25, 0.3) is 0 Å². The molecule has 0 amide bonds. The number of hydrogen-bond acceptors (Lipinski definition) is 2. The van der Waals surface area contributed by atoms with Gasteiger partial charge in [-0.3, -0.25) is 0 Å². The normalized spacial score (nSPS) is 14.9. The second-order valence-corrected chi connectivity index (χ2v) is 19.8. The van der Waals surface area contributed by atoms with Gasteiger partial charge in [0.05, 0.1) is 0 Å². The third-order valence-electron chi connectivity index (χ3n) is 15.1. The lowest BCUT2D eigenvalue weighted by molar-refractivity contribution is 0.564. The molecule has 2 heteroatoms. The summed E-state index contributed by atoms with van der Waals surface area (Å²) in [6, 6.07) is 84.2. The van der Waals surface area contributed by atoms with Crippen LogP contribution in [0.5, 0.6) is 0 Å². The monoisotopic (exact) mass is 954 g/mol. The minimum absolute atomic E-state index is 0.164. The fraction of sp³-hybridized carbons (Fsp3) is 0.111. The van der Waals surface area contributed by atoms with E-state index in [0.717, 1.165) is 71.8 Å². The molecule has 0 saturated carbocycles. The molecule has 8 aromatic carbocycles. The van der Waals surface area contributed by atoms with E-state index in [-0.39, 0.29) is 11.8 Å². The highest BCUT2D eigenvalue weighted by Crippen LogP contribution is 2.37. The fourth-order valence-electron chi connectivity index (χ4n) is 10.8. The zero-order chi connectivity index (χ0) is 49.5. The molecule has 2 unspecified atom stereocenters. The van der Waals surface area contributed by atoms with Gasteiger partial charge in [-0.05, 0) is 123 Å². The Bertz CT molecular complexity index is 3570. The van der Waals surface area contributed by atoms with Crippen LogP contribution in [0.15, 0.2) is 282 Å². The van der Waals surface area contributed by atoms with Gasteiger partial charge in [0.1, 0.15) is 23.0 Å². The number of rotatable bonds is 15. The van der Waals surface area contributed by atoms with E-state index in [0.29, 0.717) is 5.92 Å². The van der Waals surface area contributed by atoms with Gasteiger partial charge in [-0.15, -0.1) is 0 Å². The van der Waals surface area contributed by atoms with Crippen LogP contribution >= 0.6 is 0 Å². The van der Waals surface area contributed by atoms with Crippen LogP contribution in [0.25, 0.3) is 61.8 Å². The van der Waals surface area contributed by atoms with Crippen LogP contribution in [0, 0.1) is 0 Å². The average molecular weight is 955 g/mol. The molecule has 2 heterocycles. The Labute approximate surface area is 436 Å². The van der Waals surface area contributed by atoms with Gasteiger partial charge in [0.2, 0.25) is 0 Å². The quantitative estimate of drug-likeness (QED) is 0.102. The standard InChI is InChI=1S/C72H58O2/c1-5-13-53(14-6-1)57-29-33-59(34-30-57)67(61-37-41-65(42-38-61)71-47-45-69(73-71)63-17-9-3-10-18-63)49-51-21-25-55(26-22-51)56-27-23-52(24-28-56)50-68(60-35-31-58(32-36-60)54-15-7-2-8-16-54)62-39-43-66(44-40-62)72-48-46-70(74-72)64-19-11-4-12-20-64/h1-11,13-15,17-19,21-48,54,67-68H,12,16,20,49-50H2/t54?,67-,68?/m1/s1. The van der Waals surface area contributed by atoms with Gasteiger partial charge in [-0.25, -0.2) is 0 Å². The molecule has 3 atom stereocenters. The smallest absolute Gasteiger partial charge is 0.134 e. The van der Waals surface area contributed by atoms with Gasteiger partial charge >= 0.3 is 0 Å². The predicted octanol–water partition coefficient (Wildman–Crippen LogP) is 19.3. The summed E-state index contributed by atoms with van der Waals surface area (Å²) in [7, 11) is 0. The van der Waals surface area contributed by atoms with Crippen LogP contribution in [0.1, 0.15) is 81.7 Å². The molecule has 0 saturated heterocycles. The van der Waals surface area contributed by atoms with Gasteiger partial charge in [0, 0.05) is 34.4 Å². The highest BCUT2D eigenvalue weighted by atomic mass is 16.3. The number of furan rings is 2. The van der Waals surface area contributed by atoms with Crippen LogP contribution in [-0.4, -0.2) is 0 Å². The first-order valence-electron chi connectivity index (χ1n) is 26.2. The topological polar surface area (TPSA) is 26.3 Å². The Morgan fingerprint density at radius 1 is 0.351 bits per heavy atom. The van der Waals surface area contributed by atoms with Crippen molar-refractivity contribution in [2.75, 3.05) is 0 Å². The Morgan fingerprint density at radius 2 is 0.757 bits per heavy atom. The fourth-order valence-corrected chi connectivity index (χ4v) is 10.8. The molecule has 2 aliphatic carbocycles. The molecule has 0 aliphatic heterocycles. The maximum Gasteiger partial charge on any atom is 0.134 e. The molecule has 2 nitrogen and oxygen atoms in total. The first kappa shape index (κ1) is 46.4. The van der Waals surface area contributed by atoms with Crippen LogP contribution < -0.4 is 0 Å². The predicted molar refractivity (Wildman–Crippen MR) is 307 cm³/mol. The summed E-state index contributed by atoms with van der Waals surface area (Å²) in [5.74, 6) is 4.39. The summed E-state index contributed by atoms with van der Waals surface area (Å²) in [6.45, 7) is 0. The molecule has 74 heavy (non-hydrogen) atoms. The molecular formula is C72H58O2. The molecule has 358 valence electrons. The van der Waals surface area contributed by atoms with Crippen LogP contribution in [0.3, 0.4) is 0 Å². The zero-order valence-corrected chi connectivity index (χ0v) is 41.6. The summed E-state index contributed by atoms with van der Waals surface area (Å²) in [5.41, 5.74) is 18.5. The summed E-state index contributed by atoms with van der Waals surface area (Å²) >= 11 is 0. The van der Waals surface area contributed by atoms with Crippen molar-refractivity contribution in [1.29, 1.82) is 0 Å². The number of hydrogen-bond donors (Lipinski definition) is 0. The van der Waals surface area contributed by atoms with E-state index < -0.39 is 0 Å². The molecule has 0 spiro atoms. The lowest BCUT2D eigenvalue weighted by atomic mass is 9.83. The third-order valence-corrected chi connectivity index (χ3v) is 15.1. The minimum atomic E-state index is 0.164. The molecule has 2 aliphatic rings. The highest BCUT2D eigenvalue weighted by molar-refractivity contribution is 5.70. The first-order valence-corrected chi connectivity index (χ1v) is 26.2. The van der Waals surface area contributed by atoms with Crippen molar-refractivity contribution in [2.24, 2.45) is 0 Å². The lowest BCUT2D eigenvalue weighted by Gasteiger charge is -2.21. The molecule has 12 rings (SSSR count).